The average Bonchev–Trinajstić information content (AvgIpc) is 2.57. The number of Topliss-reactive ketones (excluding diaryl/α,β-unsaturated/α-hetero) is 1. The zero-order valence-electron chi connectivity index (χ0n) is 9.99. The van der Waals surface area contributed by atoms with Gasteiger partial charge in [-0.3, -0.25) is 9.69 Å². The second-order valence-corrected chi connectivity index (χ2v) is 5.13. The lowest BCUT2D eigenvalue weighted by molar-refractivity contribution is 0.0922. The van der Waals surface area contributed by atoms with Crippen LogP contribution in [0.3, 0.4) is 0 Å². The molecule has 0 unspecified atom stereocenters. The third kappa shape index (κ3) is 3.69. The van der Waals surface area contributed by atoms with Crippen molar-refractivity contribution in [2.24, 2.45) is 0 Å². The molecule has 0 spiro atoms. The van der Waals surface area contributed by atoms with E-state index in [4.69, 9.17) is 27.9 Å². The minimum Gasteiger partial charge on any atom is -0.380 e. The van der Waals surface area contributed by atoms with Gasteiger partial charge in [0.1, 0.15) is 0 Å². The zero-order valence-corrected chi connectivity index (χ0v) is 11.5. The lowest BCUT2D eigenvalue weighted by atomic mass is 10.1. The first-order valence-electron chi connectivity index (χ1n) is 5.95. The van der Waals surface area contributed by atoms with Gasteiger partial charge in [-0.2, -0.15) is 0 Å². The third-order valence-corrected chi connectivity index (χ3v) is 3.46. The van der Waals surface area contributed by atoms with E-state index in [1.165, 1.54) is 0 Å². The van der Waals surface area contributed by atoms with E-state index in [-0.39, 0.29) is 5.78 Å². The maximum absolute atomic E-state index is 12.1. The Morgan fingerprint density at radius 2 is 2.11 bits per heavy atom. The monoisotopic (exact) mass is 287 g/mol. The van der Waals surface area contributed by atoms with Crippen LogP contribution in [0.25, 0.3) is 0 Å². The fourth-order valence-electron chi connectivity index (χ4n) is 1.96. The van der Waals surface area contributed by atoms with Gasteiger partial charge < -0.3 is 4.74 Å². The van der Waals surface area contributed by atoms with Crippen molar-refractivity contribution in [1.29, 1.82) is 0 Å². The number of ketones is 1. The maximum atomic E-state index is 12.1. The van der Waals surface area contributed by atoms with E-state index in [0.717, 1.165) is 26.1 Å². The van der Waals surface area contributed by atoms with Crippen LogP contribution in [0.4, 0.5) is 0 Å². The molecule has 5 heteroatoms. The molecule has 0 N–H and O–H groups in total. The van der Waals surface area contributed by atoms with Crippen LogP contribution < -0.4 is 0 Å². The predicted octanol–water partition coefficient (Wildman–Crippen LogP) is 2.90. The van der Waals surface area contributed by atoms with Gasteiger partial charge in [-0.1, -0.05) is 23.2 Å². The Bertz CT molecular complexity index is 429. The molecular weight excluding hydrogens is 273 g/mol. The summed E-state index contributed by atoms with van der Waals surface area (Å²) < 4.78 is 5.35. The van der Waals surface area contributed by atoms with Crippen LogP contribution >= 0.6 is 23.2 Å². The van der Waals surface area contributed by atoms with Crippen LogP contribution in [-0.2, 0) is 4.74 Å². The lowest BCUT2D eigenvalue weighted by Crippen LogP contribution is -2.32. The second kappa shape index (κ2) is 6.53. The van der Waals surface area contributed by atoms with Crippen molar-refractivity contribution in [3.05, 3.63) is 33.8 Å². The number of carbonyl (C=O) groups excluding carboxylic acids is 1. The molecule has 0 aliphatic carbocycles. The highest BCUT2D eigenvalue weighted by molar-refractivity contribution is 6.36. The summed E-state index contributed by atoms with van der Waals surface area (Å²) >= 11 is 11.8. The molecular formula is C13H15Cl2NO2. The number of hydrogen-bond donors (Lipinski definition) is 0. The molecule has 0 amide bonds. The topological polar surface area (TPSA) is 29.5 Å². The van der Waals surface area contributed by atoms with Crippen LogP contribution in [0, 0.1) is 0 Å². The molecule has 1 fully saturated rings. The Balaban J connectivity index is 2.02. The van der Waals surface area contributed by atoms with Gasteiger partial charge in [0, 0.05) is 30.3 Å². The Labute approximate surface area is 117 Å². The summed E-state index contributed by atoms with van der Waals surface area (Å²) in [6.45, 7) is 3.51. The minimum atomic E-state index is 0.0265. The number of halogens is 2. The normalized spacial score (nSPS) is 17.4. The molecule has 0 radical (unpaired) electrons. The van der Waals surface area contributed by atoms with E-state index in [9.17, 15) is 4.79 Å². The van der Waals surface area contributed by atoms with Crippen molar-refractivity contribution in [3.63, 3.8) is 0 Å². The third-order valence-electron chi connectivity index (χ3n) is 2.91. The van der Waals surface area contributed by atoms with Crippen molar-refractivity contribution in [3.8, 4) is 0 Å². The summed E-state index contributed by atoms with van der Waals surface area (Å²) in [5.41, 5.74) is 0.534. The van der Waals surface area contributed by atoms with Crippen molar-refractivity contribution < 1.29 is 9.53 Å². The van der Waals surface area contributed by atoms with E-state index < -0.39 is 0 Å². The number of hydrogen-bond acceptors (Lipinski definition) is 3. The van der Waals surface area contributed by atoms with Gasteiger partial charge in [0.05, 0.1) is 18.2 Å². The SMILES string of the molecule is O=C(CN1CCCOCC1)c1ccc(Cl)cc1Cl. The van der Waals surface area contributed by atoms with Crippen LogP contribution in [0.2, 0.25) is 10.0 Å². The first kappa shape index (κ1) is 13.8. The van der Waals surface area contributed by atoms with E-state index in [1.54, 1.807) is 18.2 Å². The number of rotatable bonds is 3. The largest absolute Gasteiger partial charge is 0.380 e. The van der Waals surface area contributed by atoms with Gasteiger partial charge in [-0.05, 0) is 24.6 Å². The standard InChI is InChI=1S/C13H15Cl2NO2/c14-10-2-3-11(12(15)8-10)13(17)9-16-4-1-6-18-7-5-16/h2-3,8H,1,4-7,9H2. The highest BCUT2D eigenvalue weighted by atomic mass is 35.5. The second-order valence-electron chi connectivity index (χ2n) is 4.29. The average molecular weight is 288 g/mol. The van der Waals surface area contributed by atoms with Gasteiger partial charge in [-0.25, -0.2) is 0 Å². The van der Waals surface area contributed by atoms with Crippen molar-refractivity contribution in [1.82, 2.24) is 4.90 Å². The molecule has 0 atom stereocenters. The molecule has 1 saturated heterocycles. The Kier molecular flexibility index (Phi) is 5.01. The molecule has 1 heterocycles. The van der Waals surface area contributed by atoms with Crippen LogP contribution in [0.5, 0.6) is 0 Å². The summed E-state index contributed by atoms with van der Waals surface area (Å²) in [6.07, 6.45) is 0.960. The number of nitrogens with zero attached hydrogens (tertiary/aromatic N) is 1. The smallest absolute Gasteiger partial charge is 0.178 e. The summed E-state index contributed by atoms with van der Waals surface area (Å²) in [4.78, 5) is 14.2. The highest BCUT2D eigenvalue weighted by Crippen LogP contribution is 2.21. The molecule has 2 rings (SSSR count). The molecule has 0 aromatic heterocycles. The summed E-state index contributed by atoms with van der Waals surface area (Å²) in [5, 5.41) is 0.957. The molecule has 0 bridgehead atoms. The Hall–Kier alpha value is -0.610. The predicted molar refractivity (Wildman–Crippen MR) is 72.7 cm³/mol. The molecule has 3 nitrogen and oxygen atoms in total. The lowest BCUT2D eigenvalue weighted by Gasteiger charge is -2.18. The van der Waals surface area contributed by atoms with Crippen molar-refractivity contribution in [2.45, 2.75) is 6.42 Å². The van der Waals surface area contributed by atoms with Gasteiger partial charge in [-0.15, -0.1) is 0 Å². The van der Waals surface area contributed by atoms with Gasteiger partial charge in [0.2, 0.25) is 0 Å². The minimum absolute atomic E-state index is 0.0265. The first-order valence-corrected chi connectivity index (χ1v) is 6.71. The van der Waals surface area contributed by atoms with Gasteiger partial charge in [0.25, 0.3) is 0 Å². The molecule has 0 saturated carbocycles. The summed E-state index contributed by atoms with van der Waals surface area (Å²) in [7, 11) is 0. The summed E-state index contributed by atoms with van der Waals surface area (Å²) in [6, 6.07) is 4.97. The number of carbonyl (C=O) groups is 1. The number of ether oxygens (including phenoxy) is 1. The van der Waals surface area contributed by atoms with E-state index in [2.05, 4.69) is 4.90 Å². The molecule has 98 valence electrons. The number of benzene rings is 1. The fourth-order valence-corrected chi connectivity index (χ4v) is 2.47. The van der Waals surface area contributed by atoms with Crippen molar-refractivity contribution >= 4 is 29.0 Å². The zero-order chi connectivity index (χ0) is 13.0. The van der Waals surface area contributed by atoms with Crippen LogP contribution in [0.1, 0.15) is 16.8 Å². The fraction of sp³-hybridized carbons (Fsp3) is 0.462. The Morgan fingerprint density at radius 3 is 2.89 bits per heavy atom. The van der Waals surface area contributed by atoms with Crippen molar-refractivity contribution in [2.75, 3.05) is 32.8 Å². The maximum Gasteiger partial charge on any atom is 0.178 e. The van der Waals surface area contributed by atoms with Crippen LogP contribution in [0.15, 0.2) is 18.2 Å². The van der Waals surface area contributed by atoms with Gasteiger partial charge in [0.15, 0.2) is 5.78 Å². The first-order chi connectivity index (χ1) is 8.66. The quantitative estimate of drug-likeness (QED) is 0.801. The molecule has 1 aliphatic heterocycles. The highest BCUT2D eigenvalue weighted by Gasteiger charge is 2.16. The molecule has 18 heavy (non-hydrogen) atoms. The Morgan fingerprint density at radius 1 is 1.28 bits per heavy atom. The molecule has 1 aromatic rings. The van der Waals surface area contributed by atoms with Crippen LogP contribution in [-0.4, -0.2) is 43.5 Å². The van der Waals surface area contributed by atoms with E-state index in [0.29, 0.717) is 28.8 Å². The summed E-state index contributed by atoms with van der Waals surface area (Å²) in [5.74, 6) is 0.0265. The van der Waals surface area contributed by atoms with Gasteiger partial charge >= 0.3 is 0 Å². The van der Waals surface area contributed by atoms with E-state index in [1.807, 2.05) is 0 Å². The molecule has 1 aliphatic rings. The van der Waals surface area contributed by atoms with E-state index >= 15 is 0 Å². The molecule has 1 aromatic carbocycles.